The number of benzene rings is 1. The van der Waals surface area contributed by atoms with Crippen molar-refractivity contribution in [2.45, 2.75) is 11.8 Å². The Labute approximate surface area is 112 Å². The molecule has 0 aliphatic carbocycles. The zero-order valence-corrected chi connectivity index (χ0v) is 11.1. The lowest BCUT2D eigenvalue weighted by Crippen LogP contribution is -2.19. The average Bonchev–Trinajstić information content (AvgIpc) is 2.47. The first kappa shape index (κ1) is 13.2. The van der Waals surface area contributed by atoms with Crippen molar-refractivity contribution < 1.29 is 8.42 Å². The Balaban J connectivity index is 2.19. The van der Waals surface area contributed by atoms with Crippen molar-refractivity contribution in [2.75, 3.05) is 0 Å². The molecule has 0 unspecified atom stereocenters. The predicted molar refractivity (Wildman–Crippen MR) is 73.2 cm³/mol. The van der Waals surface area contributed by atoms with Crippen molar-refractivity contribution >= 4 is 15.7 Å². The molecular weight excluding hydrogens is 262 g/mol. The molecule has 0 aliphatic heterocycles. The van der Waals surface area contributed by atoms with Gasteiger partial charge in [-0.3, -0.25) is 4.98 Å². The van der Waals surface area contributed by atoms with E-state index in [0.717, 1.165) is 5.56 Å². The Kier molecular flexibility index (Phi) is 3.91. The van der Waals surface area contributed by atoms with Crippen LogP contribution in [0.1, 0.15) is 12.5 Å². The lowest BCUT2D eigenvalue weighted by molar-refractivity contribution is 0.584. The van der Waals surface area contributed by atoms with Crippen LogP contribution >= 0.6 is 0 Å². The molecule has 1 aromatic heterocycles. The molecule has 0 fully saturated rings. The van der Waals surface area contributed by atoms with E-state index in [2.05, 4.69) is 14.9 Å². The Morgan fingerprint density at radius 1 is 1.11 bits per heavy atom. The monoisotopic (exact) mass is 275 g/mol. The van der Waals surface area contributed by atoms with Crippen LogP contribution in [0.2, 0.25) is 0 Å². The van der Waals surface area contributed by atoms with Crippen LogP contribution in [0.15, 0.2) is 64.9 Å². The molecule has 0 atom stereocenters. The quantitative estimate of drug-likeness (QED) is 0.683. The van der Waals surface area contributed by atoms with E-state index < -0.39 is 10.0 Å². The molecule has 0 amide bonds. The summed E-state index contributed by atoms with van der Waals surface area (Å²) in [6, 6.07) is 11.6. The number of nitrogens with zero attached hydrogens (tertiary/aromatic N) is 2. The van der Waals surface area contributed by atoms with Gasteiger partial charge in [0.15, 0.2) is 0 Å². The molecule has 5 nitrogen and oxygen atoms in total. The van der Waals surface area contributed by atoms with Gasteiger partial charge in [-0.1, -0.05) is 18.2 Å². The molecule has 0 saturated heterocycles. The number of sulfonamides is 1. The fourth-order valence-corrected chi connectivity index (χ4v) is 2.32. The Morgan fingerprint density at radius 2 is 1.74 bits per heavy atom. The van der Waals surface area contributed by atoms with Gasteiger partial charge in [-0.25, -0.2) is 0 Å². The zero-order chi connectivity index (χ0) is 13.7. The number of aromatic nitrogens is 1. The molecule has 1 aromatic carbocycles. The van der Waals surface area contributed by atoms with Gasteiger partial charge in [0.1, 0.15) is 0 Å². The molecule has 0 radical (unpaired) electrons. The Bertz CT molecular complexity index is 668. The van der Waals surface area contributed by atoms with Crippen molar-refractivity contribution in [2.24, 2.45) is 5.10 Å². The van der Waals surface area contributed by atoms with Crippen LogP contribution in [0.3, 0.4) is 0 Å². The van der Waals surface area contributed by atoms with Gasteiger partial charge < -0.3 is 0 Å². The molecular formula is C13H13N3O2S. The summed E-state index contributed by atoms with van der Waals surface area (Å²) in [5.74, 6) is 0. The second kappa shape index (κ2) is 5.62. The fraction of sp³-hybridized carbons (Fsp3) is 0.0769. The van der Waals surface area contributed by atoms with E-state index in [1.807, 2.05) is 0 Å². The first-order chi connectivity index (χ1) is 9.09. The van der Waals surface area contributed by atoms with Crippen LogP contribution < -0.4 is 4.83 Å². The summed E-state index contributed by atoms with van der Waals surface area (Å²) in [6.07, 6.45) is 3.25. The van der Waals surface area contributed by atoms with Crippen LogP contribution in [0.25, 0.3) is 0 Å². The van der Waals surface area contributed by atoms with Crippen molar-refractivity contribution in [3.05, 3.63) is 60.4 Å². The molecule has 1 heterocycles. The second-order valence-corrected chi connectivity index (χ2v) is 5.50. The normalized spacial score (nSPS) is 12.2. The summed E-state index contributed by atoms with van der Waals surface area (Å²) in [5, 5.41) is 3.89. The number of hydrogen-bond acceptors (Lipinski definition) is 4. The Hall–Kier alpha value is -2.21. The van der Waals surface area contributed by atoms with Gasteiger partial charge in [0.25, 0.3) is 10.0 Å². The summed E-state index contributed by atoms with van der Waals surface area (Å²) in [6.45, 7) is 1.73. The predicted octanol–water partition coefficient (Wildman–Crippen LogP) is 1.78. The molecule has 0 bridgehead atoms. The molecule has 0 saturated carbocycles. The highest BCUT2D eigenvalue weighted by Gasteiger charge is 2.11. The molecule has 0 spiro atoms. The largest absolute Gasteiger partial charge is 0.276 e. The third kappa shape index (κ3) is 3.38. The van der Waals surface area contributed by atoms with Crippen LogP contribution in [-0.4, -0.2) is 19.1 Å². The topological polar surface area (TPSA) is 71.4 Å². The maximum Gasteiger partial charge on any atom is 0.276 e. The summed E-state index contributed by atoms with van der Waals surface area (Å²) in [4.78, 5) is 6.29. The number of hydrogen-bond donors (Lipinski definition) is 1. The maximum atomic E-state index is 11.9. The highest BCUT2D eigenvalue weighted by atomic mass is 32.2. The lowest BCUT2D eigenvalue weighted by Gasteiger charge is -2.04. The van der Waals surface area contributed by atoms with Crippen molar-refractivity contribution in [3.63, 3.8) is 0 Å². The molecule has 6 heteroatoms. The van der Waals surface area contributed by atoms with E-state index in [-0.39, 0.29) is 4.90 Å². The molecule has 98 valence electrons. The molecule has 19 heavy (non-hydrogen) atoms. The maximum absolute atomic E-state index is 11.9. The van der Waals surface area contributed by atoms with Crippen LogP contribution in [0, 0.1) is 0 Å². The third-order valence-electron chi connectivity index (χ3n) is 2.49. The van der Waals surface area contributed by atoms with E-state index >= 15 is 0 Å². The smallest absolute Gasteiger partial charge is 0.265 e. The summed E-state index contributed by atoms with van der Waals surface area (Å²) in [5.41, 5.74) is 1.38. The van der Waals surface area contributed by atoms with Gasteiger partial charge in [-0.2, -0.15) is 18.4 Å². The molecule has 2 aromatic rings. The van der Waals surface area contributed by atoms with Crippen molar-refractivity contribution in [3.8, 4) is 0 Å². The zero-order valence-electron chi connectivity index (χ0n) is 10.3. The SMILES string of the molecule is CC(=NNS(=O)(=O)c1ccccc1)c1ccncc1. The van der Waals surface area contributed by atoms with Gasteiger partial charge in [0.05, 0.1) is 10.6 Å². The van der Waals surface area contributed by atoms with Crippen molar-refractivity contribution in [1.29, 1.82) is 0 Å². The standard InChI is InChI=1S/C13H13N3O2S/c1-11(12-7-9-14-10-8-12)15-16-19(17,18)13-5-3-2-4-6-13/h2-10,16H,1H3. The van der Waals surface area contributed by atoms with Crippen LogP contribution in [-0.2, 0) is 10.0 Å². The number of hydrazone groups is 1. The highest BCUT2D eigenvalue weighted by Crippen LogP contribution is 2.07. The number of rotatable bonds is 4. The van der Waals surface area contributed by atoms with E-state index in [0.29, 0.717) is 5.71 Å². The van der Waals surface area contributed by atoms with E-state index in [4.69, 9.17) is 0 Å². The van der Waals surface area contributed by atoms with Crippen LogP contribution in [0.5, 0.6) is 0 Å². The lowest BCUT2D eigenvalue weighted by atomic mass is 10.2. The fourth-order valence-electron chi connectivity index (χ4n) is 1.44. The van der Waals surface area contributed by atoms with E-state index in [1.54, 1.807) is 49.6 Å². The minimum atomic E-state index is -3.62. The third-order valence-corrected chi connectivity index (χ3v) is 3.71. The first-order valence-electron chi connectivity index (χ1n) is 5.61. The average molecular weight is 275 g/mol. The van der Waals surface area contributed by atoms with E-state index in [9.17, 15) is 8.42 Å². The van der Waals surface area contributed by atoms with Gasteiger partial charge in [0, 0.05) is 18.0 Å². The second-order valence-electron chi connectivity index (χ2n) is 3.84. The molecule has 0 aliphatic rings. The van der Waals surface area contributed by atoms with Gasteiger partial charge >= 0.3 is 0 Å². The van der Waals surface area contributed by atoms with Gasteiger partial charge in [-0.15, -0.1) is 0 Å². The highest BCUT2D eigenvalue weighted by molar-refractivity contribution is 7.89. The summed E-state index contributed by atoms with van der Waals surface area (Å²) in [7, 11) is -3.62. The molecule has 1 N–H and O–H groups in total. The number of pyridine rings is 1. The first-order valence-corrected chi connectivity index (χ1v) is 7.09. The summed E-state index contributed by atoms with van der Waals surface area (Å²) >= 11 is 0. The number of nitrogens with one attached hydrogen (secondary N) is 1. The Morgan fingerprint density at radius 3 is 2.37 bits per heavy atom. The molecule has 2 rings (SSSR count). The minimum absolute atomic E-state index is 0.182. The van der Waals surface area contributed by atoms with Gasteiger partial charge in [0.2, 0.25) is 0 Å². The summed E-state index contributed by atoms with van der Waals surface area (Å²) < 4.78 is 23.9. The van der Waals surface area contributed by atoms with Crippen molar-refractivity contribution in [1.82, 2.24) is 9.82 Å². The van der Waals surface area contributed by atoms with Gasteiger partial charge in [-0.05, 0) is 31.2 Å². The van der Waals surface area contributed by atoms with Crippen LogP contribution in [0.4, 0.5) is 0 Å². The minimum Gasteiger partial charge on any atom is -0.265 e. The van der Waals surface area contributed by atoms with E-state index in [1.165, 1.54) is 12.1 Å².